The Morgan fingerprint density at radius 2 is 1.94 bits per heavy atom. The van der Waals surface area contributed by atoms with Gasteiger partial charge in [0.25, 0.3) is 0 Å². The average molecular weight is 264 g/mol. The van der Waals surface area contributed by atoms with E-state index in [2.05, 4.69) is 0 Å². The van der Waals surface area contributed by atoms with Crippen molar-refractivity contribution in [1.82, 2.24) is 0 Å². The number of alkyl halides is 3. The molecule has 0 saturated carbocycles. The highest BCUT2D eigenvalue weighted by Gasteiger charge is 2.39. The number of aliphatic hydroxyl groups is 1. The second-order valence-electron chi connectivity index (χ2n) is 3.70. The van der Waals surface area contributed by atoms with E-state index in [1.54, 1.807) is 0 Å². The summed E-state index contributed by atoms with van der Waals surface area (Å²) in [4.78, 5) is 0. The van der Waals surface area contributed by atoms with Gasteiger partial charge in [0.15, 0.2) is 17.6 Å². The Labute approximate surface area is 103 Å². The van der Waals surface area contributed by atoms with E-state index in [-0.39, 0.29) is 11.3 Å². The fourth-order valence-corrected chi connectivity index (χ4v) is 1.38. The first-order chi connectivity index (χ1) is 8.40. The van der Waals surface area contributed by atoms with Crippen molar-refractivity contribution < 1.29 is 27.8 Å². The van der Waals surface area contributed by atoms with Gasteiger partial charge < -0.3 is 14.6 Å². The number of benzene rings is 1. The molecular formula is C12H15F3O3. The maximum Gasteiger partial charge on any atom is 0.418 e. The summed E-state index contributed by atoms with van der Waals surface area (Å²) >= 11 is 0. The summed E-state index contributed by atoms with van der Waals surface area (Å²) in [6.45, 7) is 2.24. The lowest BCUT2D eigenvalue weighted by Gasteiger charge is -2.17. The SMILES string of the molecule is CCCOc1cc(C(O)C(F)(F)F)ccc1OC. The fraction of sp³-hybridized carbons (Fsp3) is 0.500. The maximum absolute atomic E-state index is 12.4. The lowest BCUT2D eigenvalue weighted by Crippen LogP contribution is -2.20. The largest absolute Gasteiger partial charge is 0.493 e. The van der Waals surface area contributed by atoms with Gasteiger partial charge in [-0.25, -0.2) is 0 Å². The normalized spacial score (nSPS) is 13.2. The zero-order chi connectivity index (χ0) is 13.8. The van der Waals surface area contributed by atoms with E-state index in [1.165, 1.54) is 13.2 Å². The zero-order valence-corrected chi connectivity index (χ0v) is 10.1. The van der Waals surface area contributed by atoms with Crippen LogP contribution in [-0.2, 0) is 0 Å². The van der Waals surface area contributed by atoms with Crippen LogP contribution in [0, 0.1) is 0 Å². The minimum atomic E-state index is -4.70. The molecule has 0 heterocycles. The van der Waals surface area contributed by atoms with E-state index >= 15 is 0 Å². The lowest BCUT2D eigenvalue weighted by atomic mass is 10.1. The minimum Gasteiger partial charge on any atom is -0.493 e. The van der Waals surface area contributed by atoms with E-state index in [0.29, 0.717) is 12.4 Å². The molecule has 0 bridgehead atoms. The van der Waals surface area contributed by atoms with Crippen LogP contribution in [0.1, 0.15) is 25.0 Å². The van der Waals surface area contributed by atoms with Crippen molar-refractivity contribution in [3.8, 4) is 11.5 Å². The molecule has 102 valence electrons. The highest BCUT2D eigenvalue weighted by Crippen LogP contribution is 2.36. The average Bonchev–Trinajstić information content (AvgIpc) is 2.33. The molecule has 0 aliphatic heterocycles. The first-order valence-corrected chi connectivity index (χ1v) is 5.45. The molecule has 0 aromatic heterocycles. The molecule has 1 atom stereocenters. The topological polar surface area (TPSA) is 38.7 Å². The highest BCUT2D eigenvalue weighted by molar-refractivity contribution is 5.43. The Bertz CT molecular complexity index is 391. The van der Waals surface area contributed by atoms with Gasteiger partial charge in [-0.15, -0.1) is 0 Å². The molecule has 1 N–H and O–H groups in total. The third-order valence-electron chi connectivity index (χ3n) is 2.28. The Morgan fingerprint density at radius 3 is 2.44 bits per heavy atom. The van der Waals surface area contributed by atoms with Gasteiger partial charge in [0.05, 0.1) is 13.7 Å². The molecule has 0 amide bonds. The van der Waals surface area contributed by atoms with E-state index in [0.717, 1.165) is 18.6 Å². The van der Waals surface area contributed by atoms with Crippen molar-refractivity contribution in [2.75, 3.05) is 13.7 Å². The molecule has 1 unspecified atom stereocenters. The first-order valence-electron chi connectivity index (χ1n) is 5.45. The minimum absolute atomic E-state index is 0.195. The number of methoxy groups -OCH3 is 1. The molecule has 0 aliphatic rings. The van der Waals surface area contributed by atoms with Gasteiger partial charge in [0.1, 0.15) is 0 Å². The van der Waals surface area contributed by atoms with Crippen LogP contribution in [-0.4, -0.2) is 25.0 Å². The number of hydrogen-bond donors (Lipinski definition) is 1. The quantitative estimate of drug-likeness (QED) is 0.888. The molecule has 0 saturated heterocycles. The van der Waals surface area contributed by atoms with Gasteiger partial charge in [-0.3, -0.25) is 0 Å². The van der Waals surface area contributed by atoms with Crippen LogP contribution in [0.15, 0.2) is 18.2 Å². The molecule has 0 radical (unpaired) electrons. The monoisotopic (exact) mass is 264 g/mol. The smallest absolute Gasteiger partial charge is 0.418 e. The number of ether oxygens (including phenoxy) is 2. The molecule has 1 aromatic carbocycles. The molecule has 1 rings (SSSR count). The molecule has 1 aromatic rings. The zero-order valence-electron chi connectivity index (χ0n) is 10.1. The summed E-state index contributed by atoms with van der Waals surface area (Å²) in [5.74, 6) is 0.529. The maximum atomic E-state index is 12.4. The Hall–Kier alpha value is -1.43. The second-order valence-corrected chi connectivity index (χ2v) is 3.70. The summed E-state index contributed by atoms with van der Waals surface area (Å²) in [6.07, 6.45) is -6.50. The molecule has 0 fully saturated rings. The van der Waals surface area contributed by atoms with E-state index in [9.17, 15) is 13.2 Å². The summed E-state index contributed by atoms with van der Waals surface area (Å²) in [6, 6.07) is 3.65. The van der Waals surface area contributed by atoms with E-state index < -0.39 is 12.3 Å². The number of rotatable bonds is 5. The van der Waals surface area contributed by atoms with Crippen LogP contribution < -0.4 is 9.47 Å². The van der Waals surface area contributed by atoms with Gasteiger partial charge >= 0.3 is 6.18 Å². The van der Waals surface area contributed by atoms with E-state index in [1.807, 2.05) is 6.92 Å². The molecule has 3 nitrogen and oxygen atoms in total. The van der Waals surface area contributed by atoms with Crippen molar-refractivity contribution in [3.63, 3.8) is 0 Å². The van der Waals surface area contributed by atoms with Crippen LogP contribution in [0.3, 0.4) is 0 Å². The lowest BCUT2D eigenvalue weighted by molar-refractivity contribution is -0.206. The molecule has 0 spiro atoms. The van der Waals surface area contributed by atoms with Crippen molar-refractivity contribution in [2.45, 2.75) is 25.6 Å². The van der Waals surface area contributed by atoms with Crippen LogP contribution in [0.2, 0.25) is 0 Å². The standard InChI is InChI=1S/C12H15F3O3/c1-3-6-18-10-7-8(4-5-9(10)17-2)11(16)12(13,14)15/h4-5,7,11,16H,3,6H2,1-2H3. The van der Waals surface area contributed by atoms with Crippen molar-refractivity contribution >= 4 is 0 Å². The van der Waals surface area contributed by atoms with Gasteiger partial charge in [0.2, 0.25) is 0 Å². The first kappa shape index (κ1) is 14.6. The summed E-state index contributed by atoms with van der Waals surface area (Å²) in [5, 5.41) is 9.15. The summed E-state index contributed by atoms with van der Waals surface area (Å²) in [7, 11) is 1.40. The Kier molecular flexibility index (Phi) is 4.84. The molecule has 6 heteroatoms. The van der Waals surface area contributed by atoms with Crippen molar-refractivity contribution in [3.05, 3.63) is 23.8 Å². The van der Waals surface area contributed by atoms with Gasteiger partial charge in [-0.05, 0) is 24.1 Å². The predicted molar refractivity (Wildman–Crippen MR) is 59.8 cm³/mol. The Balaban J connectivity index is 3.02. The third-order valence-corrected chi connectivity index (χ3v) is 2.28. The molecule has 18 heavy (non-hydrogen) atoms. The summed E-state index contributed by atoms with van der Waals surface area (Å²) in [5.41, 5.74) is -0.269. The molecule has 0 aliphatic carbocycles. The fourth-order valence-electron chi connectivity index (χ4n) is 1.38. The van der Waals surface area contributed by atoms with Crippen LogP contribution in [0.25, 0.3) is 0 Å². The van der Waals surface area contributed by atoms with Crippen molar-refractivity contribution in [1.29, 1.82) is 0 Å². The Morgan fingerprint density at radius 1 is 1.28 bits per heavy atom. The van der Waals surface area contributed by atoms with Crippen LogP contribution in [0.5, 0.6) is 11.5 Å². The predicted octanol–water partition coefficient (Wildman–Crippen LogP) is 3.08. The van der Waals surface area contributed by atoms with Crippen LogP contribution in [0.4, 0.5) is 13.2 Å². The van der Waals surface area contributed by atoms with Gasteiger partial charge in [0, 0.05) is 0 Å². The number of halogens is 3. The highest BCUT2D eigenvalue weighted by atomic mass is 19.4. The number of aliphatic hydroxyl groups excluding tert-OH is 1. The van der Waals surface area contributed by atoms with Gasteiger partial charge in [-0.1, -0.05) is 13.0 Å². The van der Waals surface area contributed by atoms with Gasteiger partial charge in [-0.2, -0.15) is 13.2 Å². The molecular weight excluding hydrogens is 249 g/mol. The van der Waals surface area contributed by atoms with Crippen molar-refractivity contribution in [2.24, 2.45) is 0 Å². The van der Waals surface area contributed by atoms with Crippen LogP contribution >= 0.6 is 0 Å². The number of hydrogen-bond acceptors (Lipinski definition) is 3. The summed E-state index contributed by atoms with van der Waals surface area (Å²) < 4.78 is 47.4. The van der Waals surface area contributed by atoms with E-state index in [4.69, 9.17) is 14.6 Å². The second kappa shape index (κ2) is 5.95. The third kappa shape index (κ3) is 3.53.